The molecular weight excluding hydrogens is 544 g/mol. The first-order valence-electron chi connectivity index (χ1n) is 14.2. The Morgan fingerprint density at radius 1 is 1.15 bits per heavy atom. The van der Waals surface area contributed by atoms with Crippen LogP contribution in [0.15, 0.2) is 39.9 Å². The zero-order chi connectivity index (χ0) is 28.8. The highest BCUT2D eigenvalue weighted by atomic mass is 32.1. The van der Waals surface area contributed by atoms with Gasteiger partial charge in [-0.1, -0.05) is 17.8 Å². The van der Waals surface area contributed by atoms with Crippen molar-refractivity contribution in [1.82, 2.24) is 14.8 Å². The van der Waals surface area contributed by atoms with E-state index in [2.05, 4.69) is 15.6 Å². The van der Waals surface area contributed by atoms with Gasteiger partial charge in [-0.2, -0.15) is 0 Å². The van der Waals surface area contributed by atoms with Crippen molar-refractivity contribution in [3.05, 3.63) is 41.1 Å². The van der Waals surface area contributed by atoms with E-state index in [1.807, 2.05) is 36.1 Å². The topological polar surface area (TPSA) is 129 Å². The molecule has 0 bridgehead atoms. The Bertz CT molecular complexity index is 1430. The lowest BCUT2D eigenvalue weighted by Gasteiger charge is -2.26. The number of fused-ring (bicyclic) bond motifs is 1. The van der Waals surface area contributed by atoms with Gasteiger partial charge < -0.3 is 29.6 Å². The average molecular weight is 581 g/mol. The predicted molar refractivity (Wildman–Crippen MR) is 158 cm³/mol. The van der Waals surface area contributed by atoms with Crippen LogP contribution in [0.25, 0.3) is 11.0 Å². The van der Waals surface area contributed by atoms with E-state index in [1.54, 1.807) is 11.8 Å². The number of carbonyl (C=O) groups excluding carboxylic acids is 3. The Balaban J connectivity index is 1.33. The second-order valence-electron chi connectivity index (χ2n) is 10.3. The van der Waals surface area contributed by atoms with Gasteiger partial charge in [0.05, 0.1) is 31.8 Å². The first-order valence-corrected chi connectivity index (χ1v) is 15.0. The number of nitrogens with zero attached hydrogens (tertiary/aromatic N) is 4. The molecule has 5 rings (SSSR count). The number of aryl methyl sites for hydroxylation is 1. The van der Waals surface area contributed by atoms with E-state index in [9.17, 15) is 14.4 Å². The van der Waals surface area contributed by atoms with Gasteiger partial charge in [0, 0.05) is 30.7 Å². The van der Waals surface area contributed by atoms with Crippen molar-refractivity contribution in [3.8, 4) is 0 Å². The molecule has 11 nitrogen and oxygen atoms in total. The van der Waals surface area contributed by atoms with Crippen LogP contribution < -0.4 is 10.6 Å². The largest absolute Gasteiger partial charge is 0.462 e. The number of hydrogen-bond donors (Lipinski definition) is 2. The molecule has 2 saturated heterocycles. The SMILES string of the molecule is CCOC(=O)c1cnc(NC(=NCC2CCCCN(CC(=O)N3CCCC3)C2=O)Nc2ccc3oc(C)cc3c2)s1. The third-order valence-corrected chi connectivity index (χ3v) is 8.15. The van der Waals surface area contributed by atoms with E-state index in [0.29, 0.717) is 28.9 Å². The standard InChI is InChI=1S/C29H36N6O5S/c1-3-39-27(38)24-17-31-29(41-24)33-28(32-22-9-10-23-21(15-22)14-19(2)40-23)30-16-20-8-4-5-13-35(26(20)37)18-25(36)34-11-6-7-12-34/h9-10,14-15,17,20H,3-8,11-13,16,18H2,1-2H3,(H2,30,31,32,33). The maximum absolute atomic E-state index is 13.5. The Labute approximate surface area is 242 Å². The van der Waals surface area contributed by atoms with Gasteiger partial charge in [0.1, 0.15) is 16.2 Å². The molecule has 1 atom stereocenters. The lowest BCUT2D eigenvalue weighted by Crippen LogP contribution is -2.44. The molecule has 12 heteroatoms. The van der Waals surface area contributed by atoms with Crippen molar-refractivity contribution in [2.24, 2.45) is 10.9 Å². The summed E-state index contributed by atoms with van der Waals surface area (Å²) in [5, 5.41) is 7.89. The van der Waals surface area contributed by atoms with Crippen molar-refractivity contribution < 1.29 is 23.5 Å². The van der Waals surface area contributed by atoms with E-state index >= 15 is 0 Å². The predicted octanol–water partition coefficient (Wildman–Crippen LogP) is 4.51. The minimum Gasteiger partial charge on any atom is -0.462 e. The van der Waals surface area contributed by atoms with Crippen molar-refractivity contribution in [2.75, 3.05) is 50.0 Å². The maximum atomic E-state index is 13.5. The van der Waals surface area contributed by atoms with E-state index in [4.69, 9.17) is 14.1 Å². The minimum absolute atomic E-state index is 0.0232. The number of anilines is 2. The number of nitrogens with one attached hydrogen (secondary N) is 2. The molecule has 0 spiro atoms. The van der Waals surface area contributed by atoms with Gasteiger partial charge in [0.2, 0.25) is 17.8 Å². The van der Waals surface area contributed by atoms with Crippen LogP contribution in [0.5, 0.6) is 0 Å². The molecule has 3 aromatic rings. The van der Waals surface area contributed by atoms with Gasteiger partial charge in [-0.3, -0.25) is 14.6 Å². The van der Waals surface area contributed by atoms with Crippen molar-refractivity contribution >= 4 is 56.9 Å². The molecule has 0 saturated carbocycles. The van der Waals surface area contributed by atoms with Gasteiger partial charge in [0.15, 0.2) is 5.13 Å². The molecule has 41 heavy (non-hydrogen) atoms. The Morgan fingerprint density at radius 2 is 1.95 bits per heavy atom. The Morgan fingerprint density at radius 3 is 2.76 bits per heavy atom. The fourth-order valence-electron chi connectivity index (χ4n) is 5.17. The molecule has 1 aromatic carbocycles. The molecule has 2 aliphatic heterocycles. The third-order valence-electron chi connectivity index (χ3n) is 7.26. The van der Waals surface area contributed by atoms with Crippen molar-refractivity contribution in [2.45, 2.75) is 46.0 Å². The van der Waals surface area contributed by atoms with Gasteiger partial charge >= 0.3 is 5.97 Å². The highest BCUT2D eigenvalue weighted by molar-refractivity contribution is 7.17. The number of benzene rings is 1. The number of likely N-dealkylation sites (tertiary alicyclic amines) is 2. The van der Waals surface area contributed by atoms with Gasteiger partial charge in [0.25, 0.3) is 0 Å². The van der Waals surface area contributed by atoms with Crippen molar-refractivity contribution in [3.63, 3.8) is 0 Å². The molecule has 0 radical (unpaired) electrons. The average Bonchev–Trinajstić information content (AvgIpc) is 3.70. The Hall–Kier alpha value is -3.93. The van der Waals surface area contributed by atoms with Crippen LogP contribution in [-0.4, -0.2) is 77.9 Å². The first kappa shape index (κ1) is 28.6. The number of hydrogen-bond acceptors (Lipinski definition) is 8. The summed E-state index contributed by atoms with van der Waals surface area (Å²) in [4.78, 5) is 51.4. The number of aromatic nitrogens is 1. The number of rotatable bonds is 8. The molecule has 2 amide bonds. The van der Waals surface area contributed by atoms with Crippen LogP contribution in [0.1, 0.15) is 54.5 Å². The number of guanidine groups is 1. The number of esters is 1. The number of carbonyl (C=O) groups is 3. The summed E-state index contributed by atoms with van der Waals surface area (Å²) in [6, 6.07) is 7.68. The molecule has 1 unspecified atom stereocenters. The lowest BCUT2D eigenvalue weighted by molar-refractivity contribution is -0.141. The molecule has 0 aliphatic carbocycles. The van der Waals surface area contributed by atoms with Gasteiger partial charge in [-0.25, -0.2) is 9.78 Å². The molecule has 218 valence electrons. The molecule has 2 N–H and O–H groups in total. The molecule has 4 heterocycles. The highest BCUT2D eigenvalue weighted by Crippen LogP contribution is 2.25. The summed E-state index contributed by atoms with van der Waals surface area (Å²) in [6.07, 6.45) is 5.97. The van der Waals surface area contributed by atoms with E-state index in [-0.39, 0.29) is 37.4 Å². The quantitative estimate of drug-likeness (QED) is 0.226. The van der Waals surface area contributed by atoms with Crippen molar-refractivity contribution in [1.29, 1.82) is 0 Å². The zero-order valence-electron chi connectivity index (χ0n) is 23.5. The number of aliphatic imine (C=N–C) groups is 1. The van der Waals surface area contributed by atoms with Gasteiger partial charge in [-0.15, -0.1) is 0 Å². The summed E-state index contributed by atoms with van der Waals surface area (Å²) in [6.45, 7) is 6.43. The highest BCUT2D eigenvalue weighted by Gasteiger charge is 2.30. The monoisotopic (exact) mass is 580 g/mol. The van der Waals surface area contributed by atoms with E-state index < -0.39 is 5.97 Å². The summed E-state index contributed by atoms with van der Waals surface area (Å²) in [5.74, 6) is 0.428. The zero-order valence-corrected chi connectivity index (χ0v) is 24.3. The number of amides is 2. The van der Waals surface area contributed by atoms with Crippen LogP contribution in [0.2, 0.25) is 0 Å². The fraction of sp³-hybridized carbons (Fsp3) is 0.483. The van der Waals surface area contributed by atoms with E-state index in [1.165, 1.54) is 6.20 Å². The van der Waals surface area contributed by atoms with Crippen LogP contribution >= 0.6 is 11.3 Å². The lowest BCUT2D eigenvalue weighted by atomic mass is 10.0. The number of furan rings is 1. The molecule has 2 aromatic heterocycles. The first-order chi connectivity index (χ1) is 19.9. The second-order valence-corrected chi connectivity index (χ2v) is 11.4. The second kappa shape index (κ2) is 13.2. The Kier molecular flexibility index (Phi) is 9.17. The van der Waals surface area contributed by atoms with Crippen LogP contribution in [0, 0.1) is 12.8 Å². The maximum Gasteiger partial charge on any atom is 0.350 e. The molecule has 2 aliphatic rings. The summed E-state index contributed by atoms with van der Waals surface area (Å²) in [7, 11) is 0. The van der Waals surface area contributed by atoms with Crippen LogP contribution in [0.4, 0.5) is 10.8 Å². The molecular formula is C29H36N6O5S. The summed E-state index contributed by atoms with van der Waals surface area (Å²) >= 11 is 1.16. The summed E-state index contributed by atoms with van der Waals surface area (Å²) in [5.41, 5.74) is 1.56. The molecule has 2 fully saturated rings. The van der Waals surface area contributed by atoms with Gasteiger partial charge in [-0.05, 0) is 63.8 Å². The normalized spacial score (nSPS) is 18.0. The van der Waals surface area contributed by atoms with E-state index in [0.717, 1.165) is 72.5 Å². The minimum atomic E-state index is -0.433. The fourth-order valence-corrected chi connectivity index (χ4v) is 5.88. The van der Waals surface area contributed by atoms with Crippen LogP contribution in [0.3, 0.4) is 0 Å². The number of thiazole rings is 1. The van der Waals surface area contributed by atoms with Crippen LogP contribution in [-0.2, 0) is 14.3 Å². The summed E-state index contributed by atoms with van der Waals surface area (Å²) < 4.78 is 10.8. The third kappa shape index (κ3) is 7.24. The number of ether oxygens (including phenoxy) is 1. The smallest absolute Gasteiger partial charge is 0.350 e.